The molecule has 2 aromatic carbocycles. The third-order valence-electron chi connectivity index (χ3n) is 5.10. The van der Waals surface area contributed by atoms with E-state index >= 15 is 0 Å². The quantitative estimate of drug-likeness (QED) is 0.628. The average Bonchev–Trinajstić information content (AvgIpc) is 2.76. The lowest BCUT2D eigenvalue weighted by Gasteiger charge is -2.29. The van der Waals surface area contributed by atoms with Crippen molar-refractivity contribution < 1.29 is 9.59 Å². The van der Waals surface area contributed by atoms with Crippen LogP contribution in [0.15, 0.2) is 60.7 Å². The molecule has 3 rings (SSSR count). The molecule has 30 heavy (non-hydrogen) atoms. The summed E-state index contributed by atoms with van der Waals surface area (Å²) in [7, 11) is 0. The molecule has 0 bridgehead atoms. The second kappa shape index (κ2) is 10.5. The molecule has 1 aliphatic rings. The van der Waals surface area contributed by atoms with Crippen LogP contribution >= 0.6 is 0 Å². The van der Waals surface area contributed by atoms with E-state index in [1.165, 1.54) is 16.3 Å². The Labute approximate surface area is 178 Å². The maximum absolute atomic E-state index is 12.4. The first-order chi connectivity index (χ1) is 14.6. The van der Waals surface area contributed by atoms with Gasteiger partial charge in [-0.05, 0) is 49.6 Å². The Balaban J connectivity index is 1.44. The van der Waals surface area contributed by atoms with Gasteiger partial charge in [-0.25, -0.2) is 5.01 Å². The van der Waals surface area contributed by atoms with Crippen LogP contribution in [-0.2, 0) is 9.59 Å². The molecular weight excluding hydrogens is 376 g/mol. The molecule has 2 amide bonds. The molecule has 0 radical (unpaired) electrons. The second-order valence-corrected chi connectivity index (χ2v) is 7.40. The molecule has 158 valence electrons. The largest absolute Gasteiger partial charge is 0.372 e. The number of hydrazine groups is 1. The fourth-order valence-electron chi connectivity index (χ4n) is 3.47. The van der Waals surface area contributed by atoms with Crippen molar-refractivity contribution in [2.45, 2.75) is 26.7 Å². The van der Waals surface area contributed by atoms with Crippen LogP contribution in [0.3, 0.4) is 0 Å². The van der Waals surface area contributed by atoms with Gasteiger partial charge < -0.3 is 10.2 Å². The van der Waals surface area contributed by atoms with Crippen molar-refractivity contribution in [3.8, 4) is 0 Å². The minimum atomic E-state index is -0.163. The average molecular weight is 407 g/mol. The molecule has 0 unspecified atom stereocenters. The summed E-state index contributed by atoms with van der Waals surface area (Å²) in [5.41, 5.74) is 7.35. The van der Waals surface area contributed by atoms with Crippen LogP contribution in [0.1, 0.15) is 30.9 Å². The molecule has 0 aromatic heterocycles. The van der Waals surface area contributed by atoms with E-state index in [1.807, 2.05) is 36.4 Å². The third-order valence-corrected chi connectivity index (χ3v) is 5.10. The number of benzene rings is 2. The van der Waals surface area contributed by atoms with Crippen LogP contribution in [0.4, 0.5) is 5.69 Å². The molecule has 1 aliphatic heterocycles. The van der Waals surface area contributed by atoms with Crippen LogP contribution in [0.5, 0.6) is 0 Å². The predicted octanol–water partition coefficient (Wildman–Crippen LogP) is 3.11. The molecule has 2 aromatic rings. The molecule has 0 fully saturated rings. The number of aryl methyl sites for hydroxylation is 1. The molecule has 2 N–H and O–H groups in total. The molecule has 0 saturated carbocycles. The maximum atomic E-state index is 12.4. The Hall–Kier alpha value is -3.28. The summed E-state index contributed by atoms with van der Waals surface area (Å²) in [6.45, 7) is 6.57. The topological polar surface area (TPSA) is 64.7 Å². The highest BCUT2D eigenvalue weighted by Crippen LogP contribution is 2.17. The Morgan fingerprint density at radius 2 is 1.97 bits per heavy atom. The lowest BCUT2D eigenvalue weighted by Crippen LogP contribution is -2.49. The van der Waals surface area contributed by atoms with Gasteiger partial charge in [-0.1, -0.05) is 42.5 Å². The first-order valence-electron chi connectivity index (χ1n) is 10.5. The predicted molar refractivity (Wildman–Crippen MR) is 121 cm³/mol. The maximum Gasteiger partial charge on any atom is 0.245 e. The molecule has 0 atom stereocenters. The number of nitrogens with one attached hydrogen (secondary N) is 2. The van der Waals surface area contributed by atoms with Gasteiger partial charge in [0.15, 0.2) is 0 Å². The summed E-state index contributed by atoms with van der Waals surface area (Å²) in [6.07, 6.45) is 2.98. The lowest BCUT2D eigenvalue weighted by molar-refractivity contribution is -0.137. The number of carbonyl (C=O) groups is 2. The number of carbonyl (C=O) groups excluding carboxylic acids is 2. The number of rotatable bonds is 9. The van der Waals surface area contributed by atoms with E-state index in [2.05, 4.69) is 53.8 Å². The van der Waals surface area contributed by atoms with Gasteiger partial charge in [0.25, 0.3) is 0 Å². The highest BCUT2D eigenvalue weighted by atomic mass is 16.2. The van der Waals surface area contributed by atoms with Gasteiger partial charge in [0.1, 0.15) is 6.54 Å². The SMILES string of the molecule is CCN(CCCNC(=O)CN1NC(c2ccccc2)=CCC1=O)c1cccc(C)c1. The number of amides is 2. The molecule has 0 spiro atoms. The zero-order valence-corrected chi connectivity index (χ0v) is 17.7. The van der Waals surface area contributed by atoms with Crippen molar-refractivity contribution in [1.29, 1.82) is 0 Å². The summed E-state index contributed by atoms with van der Waals surface area (Å²) in [4.78, 5) is 26.8. The summed E-state index contributed by atoms with van der Waals surface area (Å²) >= 11 is 0. The zero-order valence-electron chi connectivity index (χ0n) is 17.7. The number of nitrogens with zero attached hydrogens (tertiary/aromatic N) is 2. The standard InChI is InChI=1S/C24H30N4O2/c1-3-27(21-12-7-9-19(2)17-21)16-8-15-25-23(29)18-28-24(30)14-13-22(26-28)20-10-5-4-6-11-20/h4-7,9-13,17,26H,3,8,14-16,18H2,1-2H3,(H,25,29). The summed E-state index contributed by atoms with van der Waals surface area (Å²) < 4.78 is 0. The number of hydrogen-bond acceptors (Lipinski definition) is 4. The Kier molecular flexibility index (Phi) is 7.49. The Bertz CT molecular complexity index is 895. The first kappa shape index (κ1) is 21.4. The van der Waals surface area contributed by atoms with Gasteiger partial charge in [0.05, 0.1) is 5.70 Å². The van der Waals surface area contributed by atoms with E-state index in [0.29, 0.717) is 6.54 Å². The molecule has 0 aliphatic carbocycles. The fourth-order valence-corrected chi connectivity index (χ4v) is 3.47. The monoisotopic (exact) mass is 406 g/mol. The molecule has 6 heteroatoms. The normalized spacial score (nSPS) is 13.5. The van der Waals surface area contributed by atoms with Gasteiger partial charge in [0.2, 0.25) is 11.8 Å². The summed E-state index contributed by atoms with van der Waals surface area (Å²) in [6, 6.07) is 18.2. The van der Waals surface area contributed by atoms with Crippen LogP contribution < -0.4 is 15.6 Å². The Morgan fingerprint density at radius 3 is 2.70 bits per heavy atom. The molecule has 6 nitrogen and oxygen atoms in total. The molecule has 1 heterocycles. The zero-order chi connectivity index (χ0) is 21.3. The van der Waals surface area contributed by atoms with Gasteiger partial charge >= 0.3 is 0 Å². The highest BCUT2D eigenvalue weighted by Gasteiger charge is 2.21. The van der Waals surface area contributed by atoms with Gasteiger partial charge in [-0.3, -0.25) is 15.0 Å². The van der Waals surface area contributed by atoms with Crippen molar-refractivity contribution in [1.82, 2.24) is 15.8 Å². The van der Waals surface area contributed by atoms with Crippen LogP contribution in [-0.4, -0.2) is 43.0 Å². The van der Waals surface area contributed by atoms with E-state index in [-0.39, 0.29) is 24.8 Å². The van der Waals surface area contributed by atoms with Gasteiger partial charge in [0, 0.05) is 31.7 Å². The van der Waals surface area contributed by atoms with E-state index in [1.54, 1.807) is 0 Å². The van der Waals surface area contributed by atoms with Crippen molar-refractivity contribution in [2.24, 2.45) is 0 Å². The van der Waals surface area contributed by atoms with E-state index in [0.717, 1.165) is 30.8 Å². The number of anilines is 1. The third kappa shape index (κ3) is 5.86. The fraction of sp³-hybridized carbons (Fsp3) is 0.333. The Morgan fingerprint density at radius 1 is 1.17 bits per heavy atom. The molecular formula is C24H30N4O2. The van der Waals surface area contributed by atoms with E-state index in [9.17, 15) is 9.59 Å². The number of hydrogen-bond donors (Lipinski definition) is 2. The van der Waals surface area contributed by atoms with E-state index in [4.69, 9.17) is 0 Å². The summed E-state index contributed by atoms with van der Waals surface area (Å²) in [5.74, 6) is -0.273. The van der Waals surface area contributed by atoms with Crippen LogP contribution in [0.25, 0.3) is 5.70 Å². The first-order valence-corrected chi connectivity index (χ1v) is 10.5. The van der Waals surface area contributed by atoms with Crippen molar-refractivity contribution in [2.75, 3.05) is 31.1 Å². The second-order valence-electron chi connectivity index (χ2n) is 7.40. The lowest BCUT2D eigenvalue weighted by atomic mass is 10.1. The van der Waals surface area contributed by atoms with Gasteiger partial charge in [-0.15, -0.1) is 0 Å². The smallest absolute Gasteiger partial charge is 0.245 e. The van der Waals surface area contributed by atoms with E-state index < -0.39 is 0 Å². The van der Waals surface area contributed by atoms with Crippen molar-refractivity contribution in [3.05, 3.63) is 71.8 Å². The molecule has 0 saturated heterocycles. The van der Waals surface area contributed by atoms with Gasteiger partial charge in [-0.2, -0.15) is 0 Å². The minimum absolute atomic E-state index is 0.00161. The van der Waals surface area contributed by atoms with Crippen molar-refractivity contribution >= 4 is 23.2 Å². The van der Waals surface area contributed by atoms with Crippen LogP contribution in [0.2, 0.25) is 0 Å². The van der Waals surface area contributed by atoms with Crippen molar-refractivity contribution in [3.63, 3.8) is 0 Å². The van der Waals surface area contributed by atoms with Crippen LogP contribution in [0, 0.1) is 6.92 Å². The minimum Gasteiger partial charge on any atom is -0.372 e. The highest BCUT2D eigenvalue weighted by molar-refractivity contribution is 5.88. The summed E-state index contributed by atoms with van der Waals surface area (Å²) in [5, 5.41) is 4.32.